The molecule has 32 heavy (non-hydrogen) atoms. The molecule has 6 rings (SSSR count). The molecule has 1 aromatic carbocycles. The maximum absolute atomic E-state index is 12.7. The Balaban J connectivity index is 1.48. The largest absolute Gasteiger partial charge is 0.343 e. The van der Waals surface area contributed by atoms with Gasteiger partial charge < -0.3 is 9.47 Å². The van der Waals surface area contributed by atoms with Crippen LogP contribution < -0.4 is 0 Å². The molecule has 0 aromatic heterocycles. The van der Waals surface area contributed by atoms with Crippen LogP contribution in [0.3, 0.4) is 0 Å². The smallest absolute Gasteiger partial charge is 0.196 e. The Bertz CT molecular complexity index is 1050. The lowest BCUT2D eigenvalue weighted by Crippen LogP contribution is -2.42. The van der Waals surface area contributed by atoms with Crippen LogP contribution in [0.25, 0.3) is 11.1 Å². The van der Waals surface area contributed by atoms with Crippen LogP contribution >= 0.6 is 0 Å². The minimum atomic E-state index is -0.594. The molecule has 1 heterocycles. The summed E-state index contributed by atoms with van der Waals surface area (Å²) in [6.07, 6.45) is 8.13. The first-order valence-electron chi connectivity index (χ1n) is 12.5. The summed E-state index contributed by atoms with van der Waals surface area (Å²) >= 11 is 0. The summed E-state index contributed by atoms with van der Waals surface area (Å²) in [4.78, 5) is 12.7. The first-order valence-corrected chi connectivity index (χ1v) is 12.5. The van der Waals surface area contributed by atoms with E-state index >= 15 is 0 Å². The number of allylic oxidation sites excluding steroid dienone is 4. The van der Waals surface area contributed by atoms with Crippen LogP contribution in [0.15, 0.2) is 47.6 Å². The lowest BCUT2D eigenvalue weighted by molar-refractivity contribution is -0.128. The molecule has 4 aliphatic carbocycles. The number of Topliss-reactive ketones (excluding diaryl/α,β-unsaturated/α-hetero) is 1. The highest BCUT2D eigenvalue weighted by Crippen LogP contribution is 2.60. The Labute approximate surface area is 191 Å². The minimum absolute atomic E-state index is 0.0787. The van der Waals surface area contributed by atoms with Gasteiger partial charge in [0.25, 0.3) is 0 Å². The van der Waals surface area contributed by atoms with Crippen LogP contribution in [0.5, 0.6) is 0 Å². The third-order valence-corrected chi connectivity index (χ3v) is 9.25. The van der Waals surface area contributed by atoms with E-state index < -0.39 is 5.79 Å². The number of carbonyl (C=O) groups is 1. The molecule has 0 radical (unpaired) electrons. The summed E-state index contributed by atoms with van der Waals surface area (Å²) in [5, 5.41) is 0. The second-order valence-corrected chi connectivity index (χ2v) is 10.8. The van der Waals surface area contributed by atoms with Crippen molar-refractivity contribution < 1.29 is 14.3 Å². The lowest BCUT2D eigenvalue weighted by atomic mass is 9.57. The average Bonchev–Trinajstić information content (AvgIpc) is 3.38. The second kappa shape index (κ2) is 7.27. The summed E-state index contributed by atoms with van der Waals surface area (Å²) in [6.45, 7) is 9.73. The van der Waals surface area contributed by atoms with Gasteiger partial charge in [0, 0.05) is 23.8 Å². The average molecular weight is 431 g/mol. The Hall–Kier alpha value is -1.97. The van der Waals surface area contributed by atoms with Crippen molar-refractivity contribution in [1.82, 2.24) is 0 Å². The molecule has 168 valence electrons. The highest BCUT2D eigenvalue weighted by molar-refractivity contribution is 5.87. The normalized spacial score (nSPS) is 33.4. The molecule has 1 saturated heterocycles. The highest BCUT2D eigenvalue weighted by Gasteiger charge is 2.55. The summed E-state index contributed by atoms with van der Waals surface area (Å²) in [5.74, 6) is 1.05. The molecule has 3 nitrogen and oxygen atoms in total. The molecule has 3 fully saturated rings. The van der Waals surface area contributed by atoms with E-state index in [1.807, 2.05) is 0 Å². The zero-order chi connectivity index (χ0) is 22.1. The van der Waals surface area contributed by atoms with E-state index in [9.17, 15) is 4.79 Å². The number of rotatable bonds is 2. The molecule has 3 heteroatoms. The summed E-state index contributed by atoms with van der Waals surface area (Å²) in [7, 11) is 0. The van der Waals surface area contributed by atoms with E-state index in [0.29, 0.717) is 30.8 Å². The lowest BCUT2D eigenvalue weighted by Gasteiger charge is -2.48. The molecule has 0 unspecified atom stereocenters. The molecule has 1 aliphatic heterocycles. The number of ether oxygens (including phenoxy) is 2. The third kappa shape index (κ3) is 2.83. The van der Waals surface area contributed by atoms with Crippen molar-refractivity contribution in [1.29, 1.82) is 0 Å². The number of hydrogen-bond acceptors (Lipinski definition) is 3. The van der Waals surface area contributed by atoms with Gasteiger partial charge in [0.05, 0.1) is 13.2 Å². The Morgan fingerprint density at radius 1 is 0.969 bits per heavy atom. The Kier molecular flexibility index (Phi) is 4.68. The van der Waals surface area contributed by atoms with E-state index in [1.165, 1.54) is 22.3 Å². The van der Waals surface area contributed by atoms with Gasteiger partial charge in [-0.1, -0.05) is 48.9 Å². The fraction of sp³-hybridized carbons (Fsp3) is 0.552. The summed E-state index contributed by atoms with van der Waals surface area (Å²) in [5.41, 5.74) is 9.38. The minimum Gasteiger partial charge on any atom is -0.343 e. The van der Waals surface area contributed by atoms with E-state index in [1.54, 1.807) is 11.1 Å². The van der Waals surface area contributed by atoms with Gasteiger partial charge in [-0.3, -0.25) is 4.79 Å². The van der Waals surface area contributed by atoms with Crippen molar-refractivity contribution in [3.8, 4) is 0 Å². The first-order chi connectivity index (χ1) is 15.4. The third-order valence-electron chi connectivity index (χ3n) is 9.25. The van der Waals surface area contributed by atoms with Crippen LogP contribution in [-0.4, -0.2) is 24.8 Å². The van der Waals surface area contributed by atoms with Gasteiger partial charge in [0.15, 0.2) is 5.79 Å². The quantitative estimate of drug-likeness (QED) is 0.537. The summed E-state index contributed by atoms with van der Waals surface area (Å²) < 4.78 is 12.7. The molecule has 3 atom stereocenters. The van der Waals surface area contributed by atoms with Gasteiger partial charge in [-0.25, -0.2) is 0 Å². The van der Waals surface area contributed by atoms with Gasteiger partial charge in [-0.05, 0) is 79.6 Å². The number of benzene rings is 1. The van der Waals surface area contributed by atoms with Crippen LogP contribution in [0.2, 0.25) is 0 Å². The topological polar surface area (TPSA) is 35.5 Å². The van der Waals surface area contributed by atoms with Crippen LogP contribution in [0.4, 0.5) is 0 Å². The van der Waals surface area contributed by atoms with Crippen molar-refractivity contribution in [2.45, 2.75) is 71.0 Å². The number of ketones is 1. The molecule has 0 N–H and O–H groups in total. The molecule has 1 aromatic rings. The Morgan fingerprint density at radius 3 is 2.44 bits per heavy atom. The van der Waals surface area contributed by atoms with Crippen LogP contribution in [0, 0.1) is 17.3 Å². The molecule has 0 amide bonds. The molecule has 2 saturated carbocycles. The zero-order valence-electron chi connectivity index (χ0n) is 19.5. The van der Waals surface area contributed by atoms with Gasteiger partial charge >= 0.3 is 0 Å². The van der Waals surface area contributed by atoms with Crippen molar-refractivity contribution >= 4 is 16.9 Å². The number of fused-ring (bicyclic) bond motifs is 4. The van der Waals surface area contributed by atoms with E-state index in [4.69, 9.17) is 9.47 Å². The van der Waals surface area contributed by atoms with Gasteiger partial charge in [-0.2, -0.15) is 0 Å². The number of carbonyl (C=O) groups excluding carboxylic acids is 1. The summed E-state index contributed by atoms with van der Waals surface area (Å²) in [6, 6.07) is 8.81. The Morgan fingerprint density at radius 2 is 1.72 bits per heavy atom. The fourth-order valence-corrected chi connectivity index (χ4v) is 7.58. The molecular formula is C29H34O3. The first kappa shape index (κ1) is 20.6. The monoisotopic (exact) mass is 430 g/mol. The van der Waals surface area contributed by atoms with Crippen molar-refractivity contribution in [3.05, 3.63) is 58.7 Å². The molecule has 0 bridgehead atoms. The van der Waals surface area contributed by atoms with Crippen LogP contribution in [0.1, 0.15) is 76.3 Å². The molecule has 1 spiro atoms. The van der Waals surface area contributed by atoms with Crippen molar-refractivity contribution in [2.24, 2.45) is 17.3 Å². The predicted molar refractivity (Wildman–Crippen MR) is 127 cm³/mol. The molecular weight excluding hydrogens is 396 g/mol. The maximum atomic E-state index is 12.7. The van der Waals surface area contributed by atoms with Crippen LogP contribution in [-0.2, 0) is 14.3 Å². The van der Waals surface area contributed by atoms with Gasteiger partial charge in [0.2, 0.25) is 0 Å². The van der Waals surface area contributed by atoms with Crippen molar-refractivity contribution in [3.63, 3.8) is 0 Å². The van der Waals surface area contributed by atoms with E-state index in [0.717, 1.165) is 56.9 Å². The molecule has 5 aliphatic rings. The fourth-order valence-electron chi connectivity index (χ4n) is 7.58. The predicted octanol–water partition coefficient (Wildman–Crippen LogP) is 6.50. The van der Waals surface area contributed by atoms with E-state index in [2.05, 4.69) is 44.7 Å². The second-order valence-electron chi connectivity index (χ2n) is 10.8. The number of hydrogen-bond donors (Lipinski definition) is 0. The van der Waals surface area contributed by atoms with Gasteiger partial charge in [-0.15, -0.1) is 0 Å². The van der Waals surface area contributed by atoms with E-state index in [-0.39, 0.29) is 5.41 Å². The van der Waals surface area contributed by atoms with Gasteiger partial charge in [0.1, 0.15) is 5.78 Å². The standard InChI is InChI=1S/C29H34O3/c1-18(2)19-4-6-20(7-5-19)27-24-9-8-23-21(12-14-28(3)25(23)10-11-26(28)30)22(24)13-15-29(27)31-16-17-32-29/h4-7,23,25H,1,8-17H2,2-3H3/t23-,25+,28+/m1/s1. The zero-order valence-corrected chi connectivity index (χ0v) is 19.5. The maximum Gasteiger partial charge on any atom is 0.196 e. The highest BCUT2D eigenvalue weighted by atomic mass is 16.7. The van der Waals surface area contributed by atoms with Crippen molar-refractivity contribution in [2.75, 3.05) is 13.2 Å². The SMILES string of the molecule is C=C(C)c1ccc(C2=C3CC[C@@H]4C(=C3CCC23OCCO3)CC[C@]2(C)C(=O)CC[C@@H]42)cc1.